The molecule has 0 atom stereocenters. The Labute approximate surface area is 184 Å². The quantitative estimate of drug-likeness (QED) is 0.463. The van der Waals surface area contributed by atoms with Gasteiger partial charge in [-0.2, -0.15) is 13.2 Å². The fraction of sp³-hybridized carbons (Fsp3) is 0.300. The molecule has 32 heavy (non-hydrogen) atoms. The van der Waals surface area contributed by atoms with Gasteiger partial charge in [0.2, 0.25) is 0 Å². The number of piperazine rings is 1. The highest BCUT2D eigenvalue weighted by molar-refractivity contribution is 6.31. The van der Waals surface area contributed by atoms with Gasteiger partial charge >= 0.3 is 6.18 Å². The number of hydrogen-bond donors (Lipinski definition) is 1. The summed E-state index contributed by atoms with van der Waals surface area (Å²) in [5.41, 5.74) is -1.49. The molecule has 2 aromatic carbocycles. The Balaban J connectivity index is 1.51. The molecule has 12 heteroatoms. The van der Waals surface area contributed by atoms with Gasteiger partial charge in [-0.3, -0.25) is 19.8 Å². The Morgan fingerprint density at radius 1 is 1.16 bits per heavy atom. The zero-order valence-corrected chi connectivity index (χ0v) is 17.3. The first-order valence-corrected chi connectivity index (χ1v) is 10.0. The van der Waals surface area contributed by atoms with E-state index in [2.05, 4.69) is 9.97 Å². The first kappa shape index (κ1) is 22.0. The number of aromatic nitrogens is 2. The molecule has 0 amide bonds. The monoisotopic (exact) mass is 467 g/mol. The Morgan fingerprint density at radius 2 is 1.84 bits per heavy atom. The van der Waals surface area contributed by atoms with Crippen LogP contribution < -0.4 is 10.5 Å². The van der Waals surface area contributed by atoms with Gasteiger partial charge in [-0.1, -0.05) is 23.7 Å². The van der Waals surface area contributed by atoms with E-state index in [4.69, 9.17) is 11.6 Å². The van der Waals surface area contributed by atoms with E-state index in [0.29, 0.717) is 55.5 Å². The van der Waals surface area contributed by atoms with Crippen molar-refractivity contribution in [3.63, 3.8) is 0 Å². The molecule has 0 bridgehead atoms. The van der Waals surface area contributed by atoms with Crippen LogP contribution in [0.2, 0.25) is 5.02 Å². The van der Waals surface area contributed by atoms with Crippen LogP contribution >= 0.6 is 11.6 Å². The highest BCUT2D eigenvalue weighted by Gasteiger charge is 2.37. The summed E-state index contributed by atoms with van der Waals surface area (Å²) >= 11 is 5.79. The van der Waals surface area contributed by atoms with E-state index in [-0.39, 0.29) is 11.2 Å². The minimum Gasteiger partial charge on any atom is -0.363 e. The molecule has 1 aromatic heterocycles. The van der Waals surface area contributed by atoms with E-state index in [1.165, 1.54) is 0 Å². The van der Waals surface area contributed by atoms with Crippen molar-refractivity contribution < 1.29 is 18.1 Å². The highest BCUT2D eigenvalue weighted by Crippen LogP contribution is 2.41. The van der Waals surface area contributed by atoms with Crippen LogP contribution in [-0.4, -0.2) is 46.0 Å². The number of nitrogens with zero attached hydrogens (tertiary/aromatic N) is 4. The van der Waals surface area contributed by atoms with E-state index < -0.39 is 27.4 Å². The fourth-order valence-corrected chi connectivity index (χ4v) is 4.00. The number of nitrogens with one attached hydrogen (secondary N) is 1. The van der Waals surface area contributed by atoms with Gasteiger partial charge < -0.3 is 9.88 Å². The first-order chi connectivity index (χ1) is 15.1. The summed E-state index contributed by atoms with van der Waals surface area (Å²) in [6.07, 6.45) is -4.79. The highest BCUT2D eigenvalue weighted by atomic mass is 35.5. The number of para-hydroxylation sites is 1. The number of rotatable bonds is 4. The lowest BCUT2D eigenvalue weighted by molar-refractivity contribution is -0.384. The topological polar surface area (TPSA) is 95.4 Å². The van der Waals surface area contributed by atoms with E-state index in [1.807, 2.05) is 4.90 Å². The number of nitro benzene ring substituents is 1. The summed E-state index contributed by atoms with van der Waals surface area (Å²) in [6, 6.07) is 8.46. The zero-order chi connectivity index (χ0) is 23.0. The molecule has 1 fully saturated rings. The molecule has 0 saturated carbocycles. The number of anilines is 1. The molecule has 0 radical (unpaired) electrons. The Hall–Kier alpha value is -3.18. The predicted molar refractivity (Wildman–Crippen MR) is 113 cm³/mol. The van der Waals surface area contributed by atoms with Crippen LogP contribution in [0, 0.1) is 10.1 Å². The van der Waals surface area contributed by atoms with Gasteiger partial charge in [0, 0.05) is 32.2 Å². The van der Waals surface area contributed by atoms with Crippen LogP contribution in [-0.2, 0) is 12.7 Å². The third-order valence-electron chi connectivity index (χ3n) is 5.31. The van der Waals surface area contributed by atoms with Crippen LogP contribution in [0.5, 0.6) is 0 Å². The van der Waals surface area contributed by atoms with Gasteiger partial charge in [0.15, 0.2) is 0 Å². The van der Waals surface area contributed by atoms with Crippen molar-refractivity contribution in [2.75, 3.05) is 31.1 Å². The smallest absolute Gasteiger partial charge is 0.363 e. The van der Waals surface area contributed by atoms with E-state index in [9.17, 15) is 28.1 Å². The van der Waals surface area contributed by atoms with E-state index >= 15 is 0 Å². The molecule has 4 rings (SSSR count). The average molecular weight is 468 g/mol. The van der Waals surface area contributed by atoms with Crippen molar-refractivity contribution in [1.82, 2.24) is 14.9 Å². The van der Waals surface area contributed by atoms with Crippen molar-refractivity contribution in [2.45, 2.75) is 12.7 Å². The normalized spacial score (nSPS) is 15.3. The van der Waals surface area contributed by atoms with Gasteiger partial charge in [0.05, 0.1) is 33.0 Å². The Kier molecular flexibility index (Phi) is 5.78. The minimum absolute atomic E-state index is 0.0462. The summed E-state index contributed by atoms with van der Waals surface area (Å²) in [5, 5.41) is 11.3. The van der Waals surface area contributed by atoms with Crippen molar-refractivity contribution in [2.24, 2.45) is 0 Å². The zero-order valence-electron chi connectivity index (χ0n) is 16.5. The molecular formula is C20H17ClF3N5O3. The van der Waals surface area contributed by atoms with E-state index in [0.717, 1.165) is 6.07 Å². The van der Waals surface area contributed by atoms with Crippen LogP contribution in [0.3, 0.4) is 0 Å². The number of hydrogen-bond acceptors (Lipinski definition) is 6. The van der Waals surface area contributed by atoms with Gasteiger partial charge in [0.1, 0.15) is 11.5 Å². The SMILES string of the molecule is O=c1[nH]c(CN2CCN(c3cc(Cl)c(C(F)(F)F)cc3[N+](=O)[O-])CC2)nc2ccccc12. The summed E-state index contributed by atoms with van der Waals surface area (Å²) in [5.74, 6) is 0.491. The molecule has 8 nitrogen and oxygen atoms in total. The Bertz CT molecular complexity index is 1240. The number of halogens is 4. The number of H-pyrrole nitrogens is 1. The largest absolute Gasteiger partial charge is 0.418 e. The van der Waals surface area contributed by atoms with Crippen LogP contribution in [0.4, 0.5) is 24.5 Å². The third-order valence-corrected chi connectivity index (χ3v) is 5.63. The molecular weight excluding hydrogens is 451 g/mol. The van der Waals surface area contributed by atoms with Crippen LogP contribution in [0.25, 0.3) is 10.9 Å². The van der Waals surface area contributed by atoms with Crippen molar-refractivity contribution in [1.29, 1.82) is 0 Å². The second kappa shape index (κ2) is 8.40. The molecule has 2 heterocycles. The number of nitro groups is 1. The molecule has 0 spiro atoms. The molecule has 1 aliphatic heterocycles. The molecule has 0 unspecified atom stereocenters. The number of aromatic amines is 1. The summed E-state index contributed by atoms with van der Waals surface area (Å²) in [6.45, 7) is 1.96. The average Bonchev–Trinajstić information content (AvgIpc) is 2.73. The van der Waals surface area contributed by atoms with Gasteiger partial charge in [-0.25, -0.2) is 4.98 Å². The Morgan fingerprint density at radius 3 is 2.50 bits per heavy atom. The fourth-order valence-electron chi connectivity index (χ4n) is 3.74. The molecule has 1 N–H and O–H groups in total. The van der Waals surface area contributed by atoms with Gasteiger partial charge in [-0.15, -0.1) is 0 Å². The maximum Gasteiger partial charge on any atom is 0.418 e. The minimum atomic E-state index is -4.79. The van der Waals surface area contributed by atoms with Gasteiger partial charge in [-0.05, 0) is 18.2 Å². The second-order valence-electron chi connectivity index (χ2n) is 7.37. The maximum atomic E-state index is 13.1. The second-order valence-corrected chi connectivity index (χ2v) is 7.78. The molecule has 1 aliphatic rings. The van der Waals surface area contributed by atoms with Crippen molar-refractivity contribution in [3.8, 4) is 0 Å². The number of alkyl halides is 3. The van der Waals surface area contributed by atoms with Gasteiger partial charge in [0.25, 0.3) is 11.2 Å². The lowest BCUT2D eigenvalue weighted by Crippen LogP contribution is -2.46. The van der Waals surface area contributed by atoms with Crippen LogP contribution in [0.15, 0.2) is 41.2 Å². The summed E-state index contributed by atoms with van der Waals surface area (Å²) in [4.78, 5) is 33.7. The standard InChI is InChI=1S/C20H17ClF3N5O3/c21-14-10-16(17(29(31)32)9-13(14)20(22,23)24)28-7-5-27(6-8-28)11-18-25-15-4-2-1-3-12(15)19(30)26-18/h1-4,9-10H,5-8,11H2,(H,25,26,30). The molecule has 1 saturated heterocycles. The van der Waals surface area contributed by atoms with E-state index in [1.54, 1.807) is 29.2 Å². The lowest BCUT2D eigenvalue weighted by atomic mass is 10.1. The summed E-state index contributed by atoms with van der Waals surface area (Å²) in [7, 11) is 0. The molecule has 168 valence electrons. The molecule has 0 aliphatic carbocycles. The lowest BCUT2D eigenvalue weighted by Gasteiger charge is -2.35. The summed E-state index contributed by atoms with van der Waals surface area (Å²) < 4.78 is 39.3. The van der Waals surface area contributed by atoms with Crippen molar-refractivity contribution >= 4 is 33.9 Å². The maximum absolute atomic E-state index is 13.1. The molecule has 3 aromatic rings. The third kappa shape index (κ3) is 4.39. The predicted octanol–water partition coefficient (Wildman–Crippen LogP) is 3.83. The van der Waals surface area contributed by atoms with Crippen molar-refractivity contribution in [3.05, 3.63) is 73.3 Å². The van der Waals surface area contributed by atoms with Crippen LogP contribution in [0.1, 0.15) is 11.4 Å². The number of benzene rings is 2. The number of fused-ring (bicyclic) bond motifs is 1. The first-order valence-electron chi connectivity index (χ1n) is 9.64.